The van der Waals surface area contributed by atoms with Gasteiger partial charge in [-0.3, -0.25) is 19.5 Å². The van der Waals surface area contributed by atoms with Crippen LogP contribution in [0.4, 0.5) is 5.69 Å². The summed E-state index contributed by atoms with van der Waals surface area (Å²) in [6.45, 7) is 13.7. The first-order valence-electron chi connectivity index (χ1n) is 26.6. The minimum atomic E-state index is -1.27. The number of pyridine rings is 1. The summed E-state index contributed by atoms with van der Waals surface area (Å²) in [4.78, 5) is 41.6. The summed E-state index contributed by atoms with van der Waals surface area (Å²) in [6.07, 6.45) is 7.33. The van der Waals surface area contributed by atoms with E-state index in [9.17, 15) is 24.9 Å². The number of hydrogen-bond acceptors (Lipinski definition) is 15. The van der Waals surface area contributed by atoms with E-state index in [1.54, 1.807) is 42.9 Å². The molecule has 3 aliphatic rings. The van der Waals surface area contributed by atoms with Gasteiger partial charge in [-0.15, -0.1) is 5.10 Å². The van der Waals surface area contributed by atoms with Gasteiger partial charge in [0.15, 0.2) is 12.1 Å². The van der Waals surface area contributed by atoms with Crippen LogP contribution in [0.1, 0.15) is 90.8 Å². The number of carbonyl (C=O) groups is 2. The van der Waals surface area contributed by atoms with Gasteiger partial charge in [0.2, 0.25) is 0 Å². The number of ketones is 1. The van der Waals surface area contributed by atoms with Gasteiger partial charge in [0, 0.05) is 62.6 Å². The third-order valence-corrected chi connectivity index (χ3v) is 15.3. The zero-order valence-corrected chi connectivity index (χ0v) is 44.7. The SMILES string of the molecule is CC[C@H]1OC(=O)C[C@@H](O)[C@H](C)[C@@H](O[C@@H]2O[C@H](C)[C@@H](O)[C@H](N(C)C)[C@H]2O)[C@@H](CCN(Cc2ccc(N(C)C)cc2)Cc2cn(-c3cnc4ccccc4c3)nn2)C[C@@H](C)C(=O)/C=C/C(C)=C/[C@@H]1CN1CCCCC1. The van der Waals surface area contributed by atoms with Crippen molar-refractivity contribution in [3.05, 3.63) is 102 Å². The van der Waals surface area contributed by atoms with Gasteiger partial charge in [-0.25, -0.2) is 4.68 Å². The van der Waals surface area contributed by atoms with Crippen molar-refractivity contribution in [3.8, 4) is 5.69 Å². The molecule has 0 amide bonds. The quantitative estimate of drug-likeness (QED) is 0.109. The molecule has 0 spiro atoms. The molecular weight excluding hydrogens is 925 g/mol. The molecule has 0 aliphatic carbocycles. The van der Waals surface area contributed by atoms with Gasteiger partial charge in [-0.05, 0) is 122 Å². The smallest absolute Gasteiger partial charge is 0.308 e. The number of anilines is 1. The fourth-order valence-electron chi connectivity index (χ4n) is 10.9. The number of allylic oxidation sites excluding steroid dienone is 3. The first kappa shape index (κ1) is 55.8. The number of benzene rings is 2. The normalized spacial score (nSPS) is 30.6. The lowest BCUT2D eigenvalue weighted by Crippen LogP contribution is -2.63. The van der Waals surface area contributed by atoms with E-state index in [1.807, 2.05) is 84.4 Å². The second kappa shape index (κ2) is 26.0. The van der Waals surface area contributed by atoms with E-state index < -0.39 is 72.7 Å². The van der Waals surface area contributed by atoms with Crippen molar-refractivity contribution in [3.63, 3.8) is 0 Å². The number of likely N-dealkylation sites (tertiary alicyclic amines) is 1. The highest BCUT2D eigenvalue weighted by Gasteiger charge is 2.47. The molecule has 2 saturated heterocycles. The van der Waals surface area contributed by atoms with E-state index in [4.69, 9.17) is 14.2 Å². The van der Waals surface area contributed by atoms with E-state index in [0.717, 1.165) is 71.6 Å². The van der Waals surface area contributed by atoms with Gasteiger partial charge in [-0.2, -0.15) is 0 Å². The van der Waals surface area contributed by atoms with Gasteiger partial charge in [0.05, 0.1) is 66.2 Å². The minimum Gasteiger partial charge on any atom is -0.462 e. The topological polar surface area (TPSA) is 179 Å². The van der Waals surface area contributed by atoms with E-state index in [2.05, 4.69) is 60.3 Å². The Morgan fingerprint density at radius 2 is 1.64 bits per heavy atom. The summed E-state index contributed by atoms with van der Waals surface area (Å²) in [5.74, 6) is -2.24. The number of carbonyl (C=O) groups excluding carboxylic acids is 2. The number of ether oxygens (including phenoxy) is 3. The molecule has 12 atom stereocenters. The summed E-state index contributed by atoms with van der Waals surface area (Å²) in [5.41, 5.74) is 5.50. The predicted octanol–water partition coefficient (Wildman–Crippen LogP) is 6.59. The number of rotatable bonds is 15. The standard InChI is InChI=1S/C57H82N8O8/c1-10-51-44(34-63-25-14-11-15-26-63)28-37(2)18-23-49(66)38(3)29-43(56(39(4)50(67)31-52(68)72-51)73-57-55(70)53(62(8)9)54(69)40(5)71-57)24-27-64(33-41-19-21-46(22-20-41)61(6)7)35-45-36-65(60-59-45)47-30-42-16-12-13-17-48(42)58-32-47/h12-13,16-23,28,30,32,36,38-40,43-44,50-51,53-57,67,69-70H,10-11,14-15,24-27,29,31,33-35H2,1-9H3/b23-18+,37-28+/t38-,39+,40-,43+,44-,50-,51-,53+,54-,55-,56-,57+/m1/s1. The van der Waals surface area contributed by atoms with Gasteiger partial charge in [0.1, 0.15) is 12.2 Å². The van der Waals surface area contributed by atoms with Crippen molar-refractivity contribution < 1.29 is 39.1 Å². The lowest BCUT2D eigenvalue weighted by Gasteiger charge is -2.46. The molecule has 2 aromatic carbocycles. The Bertz CT molecular complexity index is 2460. The van der Waals surface area contributed by atoms with E-state index in [1.165, 1.54) is 6.42 Å². The van der Waals surface area contributed by atoms with Crippen molar-refractivity contribution in [1.82, 2.24) is 34.7 Å². The molecule has 0 bridgehead atoms. The van der Waals surface area contributed by atoms with Crippen molar-refractivity contribution in [2.45, 2.75) is 142 Å². The van der Waals surface area contributed by atoms with Crippen molar-refractivity contribution in [2.75, 3.05) is 59.3 Å². The number of cyclic esters (lactones) is 1. The average Bonchev–Trinajstić information content (AvgIpc) is 3.84. The molecule has 398 valence electrons. The molecule has 0 saturated carbocycles. The number of fused-ring (bicyclic) bond motifs is 1. The third-order valence-electron chi connectivity index (χ3n) is 15.3. The van der Waals surface area contributed by atoms with E-state index in [-0.39, 0.29) is 18.1 Å². The fraction of sp³-hybridized carbons (Fsp3) is 0.596. The van der Waals surface area contributed by atoms with Gasteiger partial charge < -0.3 is 44.2 Å². The Labute approximate surface area is 433 Å². The monoisotopic (exact) mass is 1010 g/mol. The average molecular weight is 1010 g/mol. The number of likely N-dealkylation sites (N-methyl/N-ethyl adjacent to an activating group) is 1. The van der Waals surface area contributed by atoms with Crippen LogP contribution in [0.15, 0.2) is 90.8 Å². The molecule has 7 rings (SSSR count). The molecule has 2 aromatic heterocycles. The summed E-state index contributed by atoms with van der Waals surface area (Å²) in [5, 5.41) is 45.5. The lowest BCUT2D eigenvalue weighted by atomic mass is 9.79. The molecule has 3 N–H and O–H groups in total. The van der Waals surface area contributed by atoms with Gasteiger partial charge in [0.25, 0.3) is 0 Å². The third kappa shape index (κ3) is 14.9. The molecule has 16 heteroatoms. The molecular formula is C57H82N8O8. The lowest BCUT2D eigenvalue weighted by molar-refractivity contribution is -0.304. The fourth-order valence-corrected chi connectivity index (χ4v) is 10.9. The van der Waals surface area contributed by atoms with Crippen LogP contribution in [0.25, 0.3) is 16.6 Å². The van der Waals surface area contributed by atoms with Crippen LogP contribution in [-0.2, 0) is 36.9 Å². The Morgan fingerprint density at radius 3 is 2.36 bits per heavy atom. The van der Waals surface area contributed by atoms with Crippen LogP contribution < -0.4 is 4.90 Å². The number of piperidine rings is 1. The second-order valence-electron chi connectivity index (χ2n) is 21.5. The van der Waals surface area contributed by atoms with Gasteiger partial charge >= 0.3 is 5.97 Å². The zero-order valence-electron chi connectivity index (χ0n) is 44.7. The second-order valence-corrected chi connectivity index (χ2v) is 21.5. The highest BCUT2D eigenvalue weighted by molar-refractivity contribution is 5.91. The van der Waals surface area contributed by atoms with Crippen molar-refractivity contribution in [2.24, 2.45) is 23.7 Å². The van der Waals surface area contributed by atoms with Crippen LogP contribution in [0.3, 0.4) is 0 Å². The molecule has 5 heterocycles. The summed E-state index contributed by atoms with van der Waals surface area (Å²) in [7, 11) is 7.60. The van der Waals surface area contributed by atoms with Crippen LogP contribution >= 0.6 is 0 Å². The minimum absolute atomic E-state index is 0.0427. The largest absolute Gasteiger partial charge is 0.462 e. The van der Waals surface area contributed by atoms with E-state index in [0.29, 0.717) is 38.9 Å². The number of aliphatic hydroxyl groups is 3. The zero-order chi connectivity index (χ0) is 52.3. The number of hydrogen-bond donors (Lipinski definition) is 3. The molecule has 16 nitrogen and oxygen atoms in total. The number of aliphatic hydroxyl groups excluding tert-OH is 3. The van der Waals surface area contributed by atoms with E-state index >= 15 is 0 Å². The summed E-state index contributed by atoms with van der Waals surface area (Å²) >= 11 is 0. The predicted molar refractivity (Wildman–Crippen MR) is 284 cm³/mol. The maximum atomic E-state index is 14.3. The Kier molecular flexibility index (Phi) is 19.9. The molecule has 73 heavy (non-hydrogen) atoms. The first-order chi connectivity index (χ1) is 35.0. The first-order valence-corrected chi connectivity index (χ1v) is 26.6. The number of para-hydroxylation sites is 1. The highest BCUT2D eigenvalue weighted by atomic mass is 16.7. The van der Waals surface area contributed by atoms with Crippen LogP contribution in [-0.4, -0.2) is 165 Å². The van der Waals surface area contributed by atoms with Crippen molar-refractivity contribution >= 4 is 28.3 Å². The number of aromatic nitrogens is 4. The molecule has 0 unspecified atom stereocenters. The van der Waals surface area contributed by atoms with Crippen LogP contribution in [0, 0.1) is 23.7 Å². The number of esters is 1. The molecule has 2 fully saturated rings. The van der Waals surface area contributed by atoms with Crippen molar-refractivity contribution in [1.29, 1.82) is 0 Å². The molecule has 0 radical (unpaired) electrons. The maximum Gasteiger partial charge on any atom is 0.308 e. The van der Waals surface area contributed by atoms with Crippen LogP contribution in [0.2, 0.25) is 0 Å². The highest BCUT2D eigenvalue weighted by Crippen LogP contribution is 2.35. The summed E-state index contributed by atoms with van der Waals surface area (Å²) in [6, 6.07) is 17.7. The molecule has 3 aliphatic heterocycles. The Balaban J connectivity index is 1.23. The maximum absolute atomic E-state index is 14.3. The Morgan fingerprint density at radius 1 is 0.904 bits per heavy atom. The number of nitrogens with zero attached hydrogens (tertiary/aromatic N) is 8. The van der Waals surface area contributed by atoms with Gasteiger partial charge in [-0.1, -0.05) is 80.5 Å². The van der Waals surface area contributed by atoms with Crippen LogP contribution in [0.5, 0.6) is 0 Å². The Hall–Kier alpha value is -4.91. The summed E-state index contributed by atoms with van der Waals surface area (Å²) < 4.78 is 21.3. The molecule has 4 aromatic rings.